The smallest absolute Gasteiger partial charge is 0.220 e. The lowest BCUT2D eigenvalue weighted by Crippen LogP contribution is -2.31. The number of nitrogens with zero attached hydrogens (tertiary/aromatic N) is 1. The number of rotatable bonds is 7. The fraction of sp³-hybridized carbons (Fsp3) is 0.333. The number of amides is 1. The zero-order chi connectivity index (χ0) is 18.5. The van der Waals surface area contributed by atoms with Crippen molar-refractivity contribution in [3.8, 4) is 5.75 Å². The molecule has 1 unspecified atom stereocenters. The molecule has 5 nitrogen and oxygen atoms in total. The Balaban J connectivity index is 1.62. The number of carbonyl (C=O) groups excluding carboxylic acids is 1. The Morgan fingerprint density at radius 2 is 1.88 bits per heavy atom. The fourth-order valence-electron chi connectivity index (χ4n) is 3.05. The number of benzene rings is 2. The first kappa shape index (κ1) is 18.0. The van der Waals surface area contributed by atoms with Gasteiger partial charge in [0.15, 0.2) is 0 Å². The highest BCUT2D eigenvalue weighted by Gasteiger charge is 2.18. The standard InChI is InChI=1S/C21H25N3O2/c1-14(2)21(15-8-10-16(26-3)11-9-15)24-20(25)13-12-19-22-17-6-4-5-7-18(17)23-19/h4-11,14,21H,12-13H2,1-3H3,(H,22,23)(H,24,25). The van der Waals surface area contributed by atoms with Crippen molar-refractivity contribution in [3.05, 3.63) is 59.9 Å². The molecule has 1 amide bonds. The first-order valence-electron chi connectivity index (χ1n) is 8.93. The average Bonchev–Trinajstić information content (AvgIpc) is 3.07. The molecule has 1 aromatic heterocycles. The number of carbonyl (C=O) groups is 1. The van der Waals surface area contributed by atoms with Gasteiger partial charge < -0.3 is 15.0 Å². The van der Waals surface area contributed by atoms with Crippen LogP contribution in [-0.2, 0) is 11.2 Å². The third kappa shape index (κ3) is 4.23. The Kier molecular flexibility index (Phi) is 5.56. The summed E-state index contributed by atoms with van der Waals surface area (Å²) in [5.41, 5.74) is 3.01. The molecular formula is C21H25N3O2. The molecular weight excluding hydrogens is 326 g/mol. The highest BCUT2D eigenvalue weighted by Crippen LogP contribution is 2.24. The van der Waals surface area contributed by atoms with Crippen LogP contribution < -0.4 is 10.1 Å². The molecule has 1 heterocycles. The zero-order valence-electron chi connectivity index (χ0n) is 15.5. The van der Waals surface area contributed by atoms with E-state index in [1.807, 2.05) is 48.5 Å². The Labute approximate surface area is 153 Å². The fourth-order valence-corrected chi connectivity index (χ4v) is 3.05. The Morgan fingerprint density at radius 1 is 1.15 bits per heavy atom. The van der Waals surface area contributed by atoms with Gasteiger partial charge >= 0.3 is 0 Å². The Hall–Kier alpha value is -2.82. The molecule has 26 heavy (non-hydrogen) atoms. The van der Waals surface area contributed by atoms with Crippen molar-refractivity contribution in [1.29, 1.82) is 0 Å². The number of imidazole rings is 1. The summed E-state index contributed by atoms with van der Waals surface area (Å²) in [7, 11) is 1.65. The summed E-state index contributed by atoms with van der Waals surface area (Å²) in [4.78, 5) is 20.3. The number of aryl methyl sites for hydroxylation is 1. The van der Waals surface area contributed by atoms with Gasteiger partial charge in [0.05, 0.1) is 24.2 Å². The van der Waals surface area contributed by atoms with E-state index >= 15 is 0 Å². The lowest BCUT2D eigenvalue weighted by atomic mass is 9.95. The SMILES string of the molecule is COc1ccc(C(NC(=O)CCc2nc3ccccc3[nH]2)C(C)C)cc1. The molecule has 1 atom stereocenters. The molecule has 0 radical (unpaired) electrons. The van der Waals surface area contributed by atoms with Crippen molar-refractivity contribution in [1.82, 2.24) is 15.3 Å². The van der Waals surface area contributed by atoms with Gasteiger partial charge in [-0.2, -0.15) is 0 Å². The van der Waals surface area contributed by atoms with E-state index in [-0.39, 0.29) is 11.9 Å². The third-order valence-electron chi connectivity index (χ3n) is 4.49. The van der Waals surface area contributed by atoms with Gasteiger partial charge in [0.1, 0.15) is 11.6 Å². The minimum absolute atomic E-state index is 0.0240. The molecule has 2 aromatic carbocycles. The minimum Gasteiger partial charge on any atom is -0.497 e. The van der Waals surface area contributed by atoms with Crippen LogP contribution in [0.5, 0.6) is 5.75 Å². The van der Waals surface area contributed by atoms with Crippen LogP contribution in [0.15, 0.2) is 48.5 Å². The maximum absolute atomic E-state index is 12.5. The van der Waals surface area contributed by atoms with Crippen molar-refractivity contribution >= 4 is 16.9 Å². The lowest BCUT2D eigenvalue weighted by molar-refractivity contribution is -0.122. The number of methoxy groups -OCH3 is 1. The largest absolute Gasteiger partial charge is 0.497 e. The van der Waals surface area contributed by atoms with E-state index in [2.05, 4.69) is 29.1 Å². The van der Waals surface area contributed by atoms with E-state index in [0.717, 1.165) is 28.2 Å². The van der Waals surface area contributed by atoms with Crippen molar-refractivity contribution in [2.24, 2.45) is 5.92 Å². The van der Waals surface area contributed by atoms with Crippen molar-refractivity contribution in [3.63, 3.8) is 0 Å². The molecule has 136 valence electrons. The van der Waals surface area contributed by atoms with Gasteiger partial charge in [-0.3, -0.25) is 4.79 Å². The summed E-state index contributed by atoms with van der Waals surface area (Å²) in [6.45, 7) is 4.21. The van der Waals surface area contributed by atoms with Crippen molar-refractivity contribution < 1.29 is 9.53 Å². The van der Waals surface area contributed by atoms with E-state index in [1.165, 1.54) is 0 Å². The topological polar surface area (TPSA) is 67.0 Å². The molecule has 0 fully saturated rings. The number of aromatic amines is 1. The van der Waals surface area contributed by atoms with Crippen LogP contribution in [0.2, 0.25) is 0 Å². The van der Waals surface area contributed by atoms with Gasteiger partial charge in [-0.1, -0.05) is 38.1 Å². The van der Waals surface area contributed by atoms with Gasteiger partial charge in [-0.15, -0.1) is 0 Å². The van der Waals surface area contributed by atoms with Crippen molar-refractivity contribution in [2.45, 2.75) is 32.7 Å². The van der Waals surface area contributed by atoms with Crippen LogP contribution in [0.4, 0.5) is 0 Å². The van der Waals surface area contributed by atoms with Crippen LogP contribution in [0.25, 0.3) is 11.0 Å². The molecule has 0 aliphatic rings. The van der Waals surface area contributed by atoms with Crippen LogP contribution >= 0.6 is 0 Å². The molecule has 5 heteroatoms. The molecule has 0 aliphatic heterocycles. The number of nitrogens with one attached hydrogen (secondary N) is 2. The van der Waals surface area contributed by atoms with Gasteiger partial charge in [-0.05, 0) is 35.7 Å². The average molecular weight is 351 g/mol. The summed E-state index contributed by atoms with van der Waals surface area (Å²) < 4.78 is 5.21. The highest BCUT2D eigenvalue weighted by atomic mass is 16.5. The third-order valence-corrected chi connectivity index (χ3v) is 4.49. The van der Waals surface area contributed by atoms with Gasteiger partial charge in [-0.25, -0.2) is 4.98 Å². The first-order valence-corrected chi connectivity index (χ1v) is 8.93. The molecule has 0 saturated carbocycles. The van der Waals surface area contributed by atoms with E-state index in [4.69, 9.17) is 4.74 Å². The number of ether oxygens (including phenoxy) is 1. The second-order valence-corrected chi connectivity index (χ2v) is 6.76. The Bertz CT molecular complexity index is 835. The summed E-state index contributed by atoms with van der Waals surface area (Å²) in [6.07, 6.45) is 0.993. The van der Waals surface area contributed by atoms with Crippen LogP contribution in [0, 0.1) is 5.92 Å². The summed E-state index contributed by atoms with van der Waals surface area (Å²) >= 11 is 0. The van der Waals surface area contributed by atoms with E-state index in [1.54, 1.807) is 7.11 Å². The second kappa shape index (κ2) is 8.04. The normalized spacial score (nSPS) is 12.3. The summed E-state index contributed by atoms with van der Waals surface area (Å²) in [6, 6.07) is 15.7. The van der Waals surface area contributed by atoms with Crippen LogP contribution in [-0.4, -0.2) is 23.0 Å². The number of H-pyrrole nitrogens is 1. The van der Waals surface area contributed by atoms with Crippen LogP contribution in [0.1, 0.15) is 37.7 Å². The predicted octanol–water partition coefficient (Wildman–Crippen LogP) is 4.02. The van der Waals surface area contributed by atoms with Crippen LogP contribution in [0.3, 0.4) is 0 Å². The molecule has 2 N–H and O–H groups in total. The maximum atomic E-state index is 12.5. The zero-order valence-corrected chi connectivity index (χ0v) is 15.5. The number of aromatic nitrogens is 2. The molecule has 3 aromatic rings. The lowest BCUT2D eigenvalue weighted by Gasteiger charge is -2.23. The molecule has 0 aliphatic carbocycles. The predicted molar refractivity (Wildman–Crippen MR) is 103 cm³/mol. The minimum atomic E-state index is -0.0240. The first-order chi connectivity index (χ1) is 12.6. The molecule has 0 saturated heterocycles. The summed E-state index contributed by atoms with van der Waals surface area (Å²) in [5, 5.41) is 3.15. The number of hydrogen-bond donors (Lipinski definition) is 2. The van der Waals surface area contributed by atoms with Gasteiger partial charge in [0.2, 0.25) is 5.91 Å². The van der Waals surface area contributed by atoms with E-state index < -0.39 is 0 Å². The second-order valence-electron chi connectivity index (χ2n) is 6.76. The van der Waals surface area contributed by atoms with Gasteiger partial charge in [0, 0.05) is 12.8 Å². The molecule has 0 bridgehead atoms. The maximum Gasteiger partial charge on any atom is 0.220 e. The molecule has 0 spiro atoms. The Morgan fingerprint density at radius 3 is 2.54 bits per heavy atom. The number of fused-ring (bicyclic) bond motifs is 1. The highest BCUT2D eigenvalue weighted by molar-refractivity contribution is 5.77. The molecule has 3 rings (SSSR count). The monoisotopic (exact) mass is 351 g/mol. The number of hydrogen-bond acceptors (Lipinski definition) is 3. The number of para-hydroxylation sites is 2. The van der Waals surface area contributed by atoms with Gasteiger partial charge in [0.25, 0.3) is 0 Å². The van der Waals surface area contributed by atoms with E-state index in [9.17, 15) is 4.79 Å². The summed E-state index contributed by atoms with van der Waals surface area (Å²) in [5.74, 6) is 1.97. The van der Waals surface area contributed by atoms with Crippen molar-refractivity contribution in [2.75, 3.05) is 7.11 Å². The quantitative estimate of drug-likeness (QED) is 0.676. The van der Waals surface area contributed by atoms with E-state index in [0.29, 0.717) is 18.8 Å².